The van der Waals surface area contributed by atoms with Crippen molar-refractivity contribution in [3.05, 3.63) is 38.2 Å². The maximum atomic E-state index is 5.14. The Kier molecular flexibility index (Phi) is 2.76. The molecule has 3 heteroatoms. The molecular weight excluding hydrogens is 222 g/mol. The van der Waals surface area contributed by atoms with Gasteiger partial charge in [-0.25, -0.2) is 0 Å². The zero-order chi connectivity index (χ0) is 11.0. The third-order valence-electron chi connectivity index (χ3n) is 2.62. The minimum absolute atomic E-state index is 0.848. The molecule has 2 aromatic rings. The lowest BCUT2D eigenvalue weighted by molar-refractivity contribution is 1.31. The maximum Gasteiger partial charge on any atom is 0.159 e. The minimum Gasteiger partial charge on any atom is -0.337 e. The number of aromatic nitrogens is 1. The summed E-state index contributed by atoms with van der Waals surface area (Å²) in [6.07, 6.45) is 0. The van der Waals surface area contributed by atoms with Gasteiger partial charge in [-0.2, -0.15) is 0 Å². The van der Waals surface area contributed by atoms with E-state index in [0.29, 0.717) is 0 Å². The Hall–Kier alpha value is -0.930. The number of nitrogens with one attached hydrogen (secondary N) is 1. The fourth-order valence-electron chi connectivity index (χ4n) is 1.58. The van der Waals surface area contributed by atoms with Crippen molar-refractivity contribution < 1.29 is 0 Å². The van der Waals surface area contributed by atoms with Crippen LogP contribution in [0.2, 0.25) is 0 Å². The standard InChI is InChI=1S/C12H13NS2/c1-7-4-5-10(6-8(7)2)11-9(3)15-12(14)13-11/h4-6H,1-3H3,(H,13,14). The first kappa shape index (κ1) is 10.6. The van der Waals surface area contributed by atoms with Gasteiger partial charge in [0.25, 0.3) is 0 Å². The van der Waals surface area contributed by atoms with Crippen LogP contribution in [0.4, 0.5) is 0 Å². The van der Waals surface area contributed by atoms with E-state index in [-0.39, 0.29) is 0 Å². The van der Waals surface area contributed by atoms with Gasteiger partial charge in [-0.1, -0.05) is 12.1 Å². The lowest BCUT2D eigenvalue weighted by Crippen LogP contribution is -1.84. The fraction of sp³-hybridized carbons (Fsp3) is 0.250. The normalized spacial score (nSPS) is 10.6. The Morgan fingerprint density at radius 3 is 2.40 bits per heavy atom. The molecule has 0 atom stereocenters. The van der Waals surface area contributed by atoms with Gasteiger partial charge in [0.2, 0.25) is 0 Å². The lowest BCUT2D eigenvalue weighted by Gasteiger charge is -2.04. The van der Waals surface area contributed by atoms with Crippen LogP contribution in [-0.4, -0.2) is 4.98 Å². The van der Waals surface area contributed by atoms with E-state index in [4.69, 9.17) is 12.2 Å². The van der Waals surface area contributed by atoms with E-state index in [1.807, 2.05) is 0 Å². The van der Waals surface area contributed by atoms with E-state index in [0.717, 1.165) is 9.65 Å². The lowest BCUT2D eigenvalue weighted by atomic mass is 10.0. The quantitative estimate of drug-likeness (QED) is 0.724. The summed E-state index contributed by atoms with van der Waals surface area (Å²) in [5, 5.41) is 0. The number of thiazole rings is 1. The highest BCUT2D eigenvalue weighted by molar-refractivity contribution is 7.73. The number of H-pyrrole nitrogens is 1. The number of aromatic amines is 1. The van der Waals surface area contributed by atoms with Crippen molar-refractivity contribution in [2.45, 2.75) is 20.8 Å². The van der Waals surface area contributed by atoms with E-state index in [9.17, 15) is 0 Å². The molecule has 1 aromatic carbocycles. The predicted octanol–water partition coefficient (Wildman–Crippen LogP) is 4.40. The van der Waals surface area contributed by atoms with Gasteiger partial charge in [-0.15, -0.1) is 11.3 Å². The topological polar surface area (TPSA) is 15.8 Å². The van der Waals surface area contributed by atoms with Crippen LogP contribution in [0, 0.1) is 24.7 Å². The molecule has 1 N–H and O–H groups in total. The first-order chi connectivity index (χ1) is 7.08. The van der Waals surface area contributed by atoms with Crippen LogP contribution in [0.3, 0.4) is 0 Å². The predicted molar refractivity (Wildman–Crippen MR) is 69.2 cm³/mol. The van der Waals surface area contributed by atoms with Crippen molar-refractivity contribution >= 4 is 23.6 Å². The van der Waals surface area contributed by atoms with Crippen LogP contribution in [0.5, 0.6) is 0 Å². The van der Waals surface area contributed by atoms with Gasteiger partial charge >= 0.3 is 0 Å². The van der Waals surface area contributed by atoms with Crippen LogP contribution < -0.4 is 0 Å². The van der Waals surface area contributed by atoms with E-state index in [1.54, 1.807) is 11.3 Å². The molecule has 0 radical (unpaired) electrons. The first-order valence-corrected chi connectivity index (χ1v) is 6.08. The molecular formula is C12H13NS2. The molecule has 0 saturated carbocycles. The summed E-state index contributed by atoms with van der Waals surface area (Å²) in [7, 11) is 0. The van der Waals surface area contributed by atoms with Crippen molar-refractivity contribution in [3.63, 3.8) is 0 Å². The Labute approximate surface area is 98.8 Å². The second-order valence-corrected chi connectivity index (χ2v) is 5.64. The van der Waals surface area contributed by atoms with Gasteiger partial charge in [0.1, 0.15) is 0 Å². The molecule has 0 bridgehead atoms. The largest absolute Gasteiger partial charge is 0.337 e. The molecule has 0 fully saturated rings. The maximum absolute atomic E-state index is 5.14. The molecule has 0 spiro atoms. The molecule has 1 aromatic heterocycles. The van der Waals surface area contributed by atoms with Crippen molar-refractivity contribution in [2.75, 3.05) is 0 Å². The van der Waals surface area contributed by atoms with Crippen molar-refractivity contribution in [1.82, 2.24) is 4.98 Å². The Balaban J connectivity index is 2.59. The second kappa shape index (κ2) is 3.91. The fourth-order valence-corrected chi connectivity index (χ4v) is 2.76. The molecule has 0 aliphatic carbocycles. The van der Waals surface area contributed by atoms with E-state index >= 15 is 0 Å². The summed E-state index contributed by atoms with van der Waals surface area (Å²) in [6, 6.07) is 6.50. The van der Waals surface area contributed by atoms with Crippen LogP contribution >= 0.6 is 23.6 Å². The Bertz CT molecular complexity index is 549. The molecule has 0 amide bonds. The monoisotopic (exact) mass is 235 g/mol. The van der Waals surface area contributed by atoms with Gasteiger partial charge in [-0.05, 0) is 55.7 Å². The molecule has 0 saturated heterocycles. The highest BCUT2D eigenvalue weighted by Crippen LogP contribution is 2.26. The van der Waals surface area contributed by atoms with Crippen molar-refractivity contribution in [1.29, 1.82) is 0 Å². The smallest absolute Gasteiger partial charge is 0.159 e. The van der Waals surface area contributed by atoms with Gasteiger partial charge in [0.15, 0.2) is 3.95 Å². The molecule has 1 heterocycles. The third kappa shape index (κ3) is 2.03. The molecule has 78 valence electrons. The van der Waals surface area contributed by atoms with Crippen molar-refractivity contribution in [3.8, 4) is 11.3 Å². The number of hydrogen-bond acceptors (Lipinski definition) is 2. The minimum atomic E-state index is 0.848. The van der Waals surface area contributed by atoms with E-state index in [2.05, 4.69) is 44.0 Å². The Morgan fingerprint density at radius 1 is 1.13 bits per heavy atom. The summed E-state index contributed by atoms with van der Waals surface area (Å²) < 4.78 is 0.848. The zero-order valence-electron chi connectivity index (χ0n) is 9.05. The molecule has 1 nitrogen and oxygen atoms in total. The summed E-state index contributed by atoms with van der Waals surface area (Å²) in [4.78, 5) is 4.49. The SMILES string of the molecule is Cc1ccc(-c2[nH]c(=S)sc2C)cc1C. The molecule has 15 heavy (non-hydrogen) atoms. The van der Waals surface area contributed by atoms with E-state index < -0.39 is 0 Å². The summed E-state index contributed by atoms with van der Waals surface area (Å²) in [5.74, 6) is 0. The van der Waals surface area contributed by atoms with Crippen LogP contribution in [0.15, 0.2) is 18.2 Å². The summed E-state index contributed by atoms with van der Waals surface area (Å²) in [6.45, 7) is 6.36. The average molecular weight is 235 g/mol. The third-order valence-corrected chi connectivity index (χ3v) is 3.77. The van der Waals surface area contributed by atoms with E-state index in [1.165, 1.54) is 21.6 Å². The number of rotatable bonds is 1. The van der Waals surface area contributed by atoms with Crippen LogP contribution in [0.25, 0.3) is 11.3 Å². The molecule has 0 aliphatic heterocycles. The number of benzene rings is 1. The molecule has 0 unspecified atom stereocenters. The van der Waals surface area contributed by atoms with Crippen LogP contribution in [0.1, 0.15) is 16.0 Å². The van der Waals surface area contributed by atoms with Crippen LogP contribution in [-0.2, 0) is 0 Å². The van der Waals surface area contributed by atoms with Crippen molar-refractivity contribution in [2.24, 2.45) is 0 Å². The number of hydrogen-bond donors (Lipinski definition) is 1. The Morgan fingerprint density at radius 2 is 1.87 bits per heavy atom. The zero-order valence-corrected chi connectivity index (χ0v) is 10.7. The first-order valence-electron chi connectivity index (χ1n) is 4.85. The second-order valence-electron chi connectivity index (χ2n) is 3.74. The molecule has 0 aliphatic rings. The summed E-state index contributed by atoms with van der Waals surface area (Å²) in [5.41, 5.74) is 5.03. The molecule has 2 rings (SSSR count). The van der Waals surface area contributed by atoms with Gasteiger partial charge < -0.3 is 4.98 Å². The highest BCUT2D eigenvalue weighted by atomic mass is 32.1. The average Bonchev–Trinajstić information content (AvgIpc) is 2.50. The summed E-state index contributed by atoms with van der Waals surface area (Å²) >= 11 is 6.78. The highest BCUT2D eigenvalue weighted by Gasteiger charge is 2.05. The number of aryl methyl sites for hydroxylation is 3. The van der Waals surface area contributed by atoms with Gasteiger partial charge in [-0.3, -0.25) is 0 Å². The van der Waals surface area contributed by atoms with Gasteiger partial charge in [0.05, 0.1) is 5.69 Å². The van der Waals surface area contributed by atoms with Gasteiger partial charge in [0, 0.05) is 4.88 Å².